The molecule has 0 unspecified atom stereocenters. The van der Waals surface area contributed by atoms with Crippen molar-refractivity contribution in [3.05, 3.63) is 24.3 Å². The van der Waals surface area contributed by atoms with Crippen LogP contribution in [0.15, 0.2) is 29.2 Å². The Labute approximate surface area is 95.1 Å². The van der Waals surface area contributed by atoms with Gasteiger partial charge in [0.05, 0.1) is 5.60 Å². The molecule has 0 radical (unpaired) electrons. The number of thioether (sulfide) groups is 1. The average molecular weight is 223 g/mol. The summed E-state index contributed by atoms with van der Waals surface area (Å²) in [6.07, 6.45) is 5.09. The van der Waals surface area contributed by atoms with Crippen LogP contribution in [0.4, 0.5) is 5.69 Å². The van der Waals surface area contributed by atoms with Crippen molar-refractivity contribution in [2.24, 2.45) is 0 Å². The lowest BCUT2D eigenvalue weighted by molar-refractivity contribution is -0.0201. The molecule has 0 amide bonds. The summed E-state index contributed by atoms with van der Waals surface area (Å²) in [7, 11) is 0. The van der Waals surface area contributed by atoms with E-state index in [0.29, 0.717) is 6.54 Å². The molecule has 0 saturated heterocycles. The molecule has 0 aliphatic heterocycles. The van der Waals surface area contributed by atoms with Crippen LogP contribution in [0.1, 0.15) is 19.3 Å². The fourth-order valence-electron chi connectivity index (χ4n) is 1.76. The van der Waals surface area contributed by atoms with Gasteiger partial charge in [-0.25, -0.2) is 0 Å². The highest BCUT2D eigenvalue weighted by Gasteiger charge is 2.33. The van der Waals surface area contributed by atoms with Crippen LogP contribution in [0.25, 0.3) is 0 Å². The molecule has 1 saturated carbocycles. The maximum Gasteiger partial charge on any atom is 0.0819 e. The number of hydrogen-bond acceptors (Lipinski definition) is 3. The van der Waals surface area contributed by atoms with Crippen molar-refractivity contribution >= 4 is 17.4 Å². The summed E-state index contributed by atoms with van der Waals surface area (Å²) < 4.78 is 0. The smallest absolute Gasteiger partial charge is 0.0819 e. The summed E-state index contributed by atoms with van der Waals surface area (Å²) in [5, 5.41) is 13.2. The van der Waals surface area contributed by atoms with E-state index in [4.69, 9.17) is 0 Å². The third-order valence-corrected chi connectivity index (χ3v) is 3.70. The number of nitrogens with one attached hydrogen (secondary N) is 1. The van der Waals surface area contributed by atoms with E-state index < -0.39 is 5.60 Å². The summed E-state index contributed by atoms with van der Waals surface area (Å²) in [5.74, 6) is 0. The van der Waals surface area contributed by atoms with E-state index >= 15 is 0 Å². The zero-order valence-corrected chi connectivity index (χ0v) is 9.81. The van der Waals surface area contributed by atoms with Crippen LogP contribution >= 0.6 is 11.8 Å². The molecule has 1 aliphatic carbocycles. The predicted molar refractivity (Wildman–Crippen MR) is 65.5 cm³/mol. The van der Waals surface area contributed by atoms with Crippen LogP contribution in [-0.2, 0) is 0 Å². The van der Waals surface area contributed by atoms with Crippen molar-refractivity contribution in [3.8, 4) is 0 Å². The van der Waals surface area contributed by atoms with Crippen molar-refractivity contribution in [2.75, 3.05) is 18.1 Å². The molecule has 15 heavy (non-hydrogen) atoms. The van der Waals surface area contributed by atoms with Gasteiger partial charge in [-0.2, -0.15) is 0 Å². The maximum atomic E-state index is 9.93. The van der Waals surface area contributed by atoms with E-state index in [2.05, 4.69) is 23.7 Å². The minimum Gasteiger partial charge on any atom is -0.388 e. The third-order valence-electron chi connectivity index (χ3n) is 2.98. The molecule has 1 aliphatic rings. The molecular formula is C12H17NOS. The van der Waals surface area contributed by atoms with Crippen molar-refractivity contribution in [1.29, 1.82) is 0 Å². The molecule has 2 N–H and O–H groups in total. The predicted octanol–water partition coefficient (Wildman–Crippen LogP) is 2.74. The van der Waals surface area contributed by atoms with E-state index in [9.17, 15) is 5.11 Å². The summed E-state index contributed by atoms with van der Waals surface area (Å²) in [5.41, 5.74) is 0.650. The fraction of sp³-hybridized carbons (Fsp3) is 0.500. The van der Waals surface area contributed by atoms with Gasteiger partial charge >= 0.3 is 0 Å². The number of rotatable bonds is 4. The molecule has 1 aromatic rings. The highest BCUT2D eigenvalue weighted by Crippen LogP contribution is 2.31. The van der Waals surface area contributed by atoms with E-state index in [1.807, 2.05) is 12.1 Å². The van der Waals surface area contributed by atoms with Gasteiger partial charge in [-0.3, -0.25) is 0 Å². The Kier molecular flexibility index (Phi) is 3.22. The van der Waals surface area contributed by atoms with Crippen LogP contribution in [0, 0.1) is 0 Å². The second-order valence-electron chi connectivity index (χ2n) is 4.16. The molecular weight excluding hydrogens is 206 g/mol. The van der Waals surface area contributed by atoms with E-state index in [0.717, 1.165) is 24.9 Å². The van der Waals surface area contributed by atoms with Crippen LogP contribution < -0.4 is 5.32 Å². The molecule has 1 fully saturated rings. The summed E-state index contributed by atoms with van der Waals surface area (Å²) >= 11 is 1.73. The molecule has 0 aromatic heterocycles. The Hall–Kier alpha value is -0.670. The quantitative estimate of drug-likeness (QED) is 0.770. The van der Waals surface area contributed by atoms with Gasteiger partial charge in [0.15, 0.2) is 0 Å². The van der Waals surface area contributed by atoms with Gasteiger partial charge in [-0.1, -0.05) is 6.07 Å². The van der Waals surface area contributed by atoms with Crippen LogP contribution in [-0.4, -0.2) is 23.5 Å². The number of benzene rings is 1. The molecule has 3 heteroatoms. The molecule has 0 heterocycles. The maximum absolute atomic E-state index is 9.93. The highest BCUT2D eigenvalue weighted by molar-refractivity contribution is 7.98. The van der Waals surface area contributed by atoms with Crippen LogP contribution in [0.2, 0.25) is 0 Å². The Bertz CT molecular complexity index is 336. The highest BCUT2D eigenvalue weighted by atomic mass is 32.2. The Balaban J connectivity index is 1.92. The molecule has 2 nitrogen and oxygen atoms in total. The molecule has 2 rings (SSSR count). The first-order valence-electron chi connectivity index (χ1n) is 5.32. The van der Waals surface area contributed by atoms with Crippen molar-refractivity contribution in [1.82, 2.24) is 0 Å². The van der Waals surface area contributed by atoms with Gasteiger partial charge < -0.3 is 10.4 Å². The minimum atomic E-state index is -0.449. The Morgan fingerprint density at radius 1 is 1.47 bits per heavy atom. The summed E-state index contributed by atoms with van der Waals surface area (Å²) in [6, 6.07) is 8.29. The van der Waals surface area contributed by atoms with Crippen molar-refractivity contribution in [2.45, 2.75) is 29.8 Å². The van der Waals surface area contributed by atoms with Gasteiger partial charge in [-0.05, 0) is 43.7 Å². The van der Waals surface area contributed by atoms with Crippen LogP contribution in [0.3, 0.4) is 0 Å². The number of hydrogen-bond donors (Lipinski definition) is 2. The molecule has 82 valence electrons. The second kappa shape index (κ2) is 4.45. The van der Waals surface area contributed by atoms with Gasteiger partial charge in [0.25, 0.3) is 0 Å². The second-order valence-corrected chi connectivity index (χ2v) is 5.04. The van der Waals surface area contributed by atoms with Gasteiger partial charge in [-0.15, -0.1) is 11.8 Å². The van der Waals surface area contributed by atoms with E-state index in [1.165, 1.54) is 4.90 Å². The largest absolute Gasteiger partial charge is 0.388 e. The van der Waals surface area contributed by atoms with E-state index in [-0.39, 0.29) is 0 Å². The first-order valence-corrected chi connectivity index (χ1v) is 6.55. The normalized spacial score (nSPS) is 18.3. The van der Waals surface area contributed by atoms with Crippen LogP contribution in [0.5, 0.6) is 0 Å². The Morgan fingerprint density at radius 3 is 2.87 bits per heavy atom. The lowest BCUT2D eigenvalue weighted by atomic mass is 9.80. The molecule has 0 atom stereocenters. The average Bonchev–Trinajstić information content (AvgIpc) is 2.24. The lowest BCUT2D eigenvalue weighted by Crippen LogP contribution is -2.43. The third kappa shape index (κ3) is 2.67. The summed E-state index contributed by atoms with van der Waals surface area (Å²) in [4.78, 5) is 1.25. The number of anilines is 1. The summed E-state index contributed by atoms with van der Waals surface area (Å²) in [6.45, 7) is 0.671. The topological polar surface area (TPSA) is 32.3 Å². The number of aliphatic hydroxyl groups is 1. The zero-order chi connectivity index (χ0) is 10.7. The molecule has 1 aromatic carbocycles. The monoisotopic (exact) mass is 223 g/mol. The van der Waals surface area contributed by atoms with E-state index in [1.54, 1.807) is 11.8 Å². The first-order chi connectivity index (χ1) is 7.22. The SMILES string of the molecule is CSc1cccc(NCC2(O)CCC2)c1. The van der Waals surface area contributed by atoms with Gasteiger partial charge in [0, 0.05) is 17.1 Å². The van der Waals surface area contributed by atoms with Crippen molar-refractivity contribution < 1.29 is 5.11 Å². The zero-order valence-electron chi connectivity index (χ0n) is 8.99. The van der Waals surface area contributed by atoms with Gasteiger partial charge in [0.1, 0.15) is 0 Å². The standard InChI is InChI=1S/C12H17NOS/c1-15-11-5-2-4-10(8-11)13-9-12(14)6-3-7-12/h2,4-5,8,13-14H,3,6-7,9H2,1H3. The van der Waals surface area contributed by atoms with Crippen molar-refractivity contribution in [3.63, 3.8) is 0 Å². The lowest BCUT2D eigenvalue weighted by Gasteiger charge is -2.36. The van der Waals surface area contributed by atoms with Gasteiger partial charge in [0.2, 0.25) is 0 Å². The Morgan fingerprint density at radius 2 is 2.27 bits per heavy atom. The molecule has 0 bridgehead atoms. The first kappa shape index (κ1) is 10.8. The fourth-order valence-corrected chi connectivity index (χ4v) is 2.22. The molecule has 0 spiro atoms. The minimum absolute atomic E-state index is 0.449.